The Hall–Kier alpha value is -2.66. The van der Waals surface area contributed by atoms with Gasteiger partial charge in [0.25, 0.3) is 0 Å². The lowest BCUT2D eigenvalue weighted by Crippen LogP contribution is -2.28. The monoisotopic (exact) mass is 397 g/mol. The van der Waals surface area contributed by atoms with Crippen molar-refractivity contribution >= 4 is 28.9 Å². The van der Waals surface area contributed by atoms with E-state index in [-0.39, 0.29) is 17.0 Å². The molecule has 0 spiro atoms. The van der Waals surface area contributed by atoms with Gasteiger partial charge in [-0.1, -0.05) is 31.5 Å². The van der Waals surface area contributed by atoms with Gasteiger partial charge in [-0.15, -0.1) is 5.10 Å². The van der Waals surface area contributed by atoms with E-state index >= 15 is 0 Å². The van der Waals surface area contributed by atoms with Gasteiger partial charge in [-0.05, 0) is 60.7 Å². The van der Waals surface area contributed by atoms with Crippen molar-refractivity contribution in [2.24, 2.45) is 5.41 Å². The molecule has 28 heavy (non-hydrogen) atoms. The maximum Gasteiger partial charge on any atom is 0.169 e. The first-order valence-electron chi connectivity index (χ1n) is 9.18. The van der Waals surface area contributed by atoms with Crippen LogP contribution in [0.4, 0.5) is 15.9 Å². The lowest BCUT2D eigenvalue weighted by Gasteiger charge is -2.29. The molecule has 0 amide bonds. The summed E-state index contributed by atoms with van der Waals surface area (Å²) >= 11 is 6.24. The smallest absolute Gasteiger partial charge is 0.169 e. The van der Waals surface area contributed by atoms with E-state index in [1.54, 1.807) is 16.8 Å². The van der Waals surface area contributed by atoms with Crippen molar-refractivity contribution in [1.29, 1.82) is 0 Å². The van der Waals surface area contributed by atoms with Gasteiger partial charge < -0.3 is 5.32 Å². The van der Waals surface area contributed by atoms with Gasteiger partial charge in [-0.3, -0.25) is 4.79 Å². The molecule has 1 aliphatic carbocycles. The molecular formula is C22H21ClFN3O. The van der Waals surface area contributed by atoms with Gasteiger partial charge in [0.2, 0.25) is 0 Å². The number of ketones is 1. The van der Waals surface area contributed by atoms with Gasteiger partial charge in [-0.25, -0.2) is 9.07 Å². The molecule has 0 fully saturated rings. The quantitative estimate of drug-likeness (QED) is 0.601. The van der Waals surface area contributed by atoms with Crippen molar-refractivity contribution in [3.8, 4) is 5.69 Å². The van der Waals surface area contributed by atoms with Gasteiger partial charge in [0.1, 0.15) is 5.82 Å². The number of carbonyl (C=O) groups is 1. The highest BCUT2D eigenvalue weighted by molar-refractivity contribution is 6.31. The lowest BCUT2D eigenvalue weighted by molar-refractivity contribution is 0.0912. The molecule has 0 bridgehead atoms. The number of carbonyl (C=O) groups excluding carboxylic acids is 1. The van der Waals surface area contributed by atoms with E-state index in [2.05, 4.69) is 24.3 Å². The molecule has 0 radical (unpaired) electrons. The fraction of sp³-hybridized carbons (Fsp3) is 0.273. The third-order valence-corrected chi connectivity index (χ3v) is 5.46. The Labute approximate surface area is 168 Å². The predicted molar refractivity (Wildman–Crippen MR) is 109 cm³/mol. The zero-order chi connectivity index (χ0) is 20.1. The number of halogens is 2. The van der Waals surface area contributed by atoms with Crippen molar-refractivity contribution in [2.75, 3.05) is 5.32 Å². The number of hydrogen-bond donors (Lipinski definition) is 1. The minimum absolute atomic E-state index is 0.0559. The first-order chi connectivity index (χ1) is 13.2. The van der Waals surface area contributed by atoms with Crippen LogP contribution in [0.25, 0.3) is 5.69 Å². The summed E-state index contributed by atoms with van der Waals surface area (Å²) in [5.41, 5.74) is 3.74. The zero-order valence-electron chi connectivity index (χ0n) is 16.0. The molecule has 0 atom stereocenters. The van der Waals surface area contributed by atoms with Crippen LogP contribution in [0.5, 0.6) is 0 Å². The molecule has 1 aliphatic rings. The highest BCUT2D eigenvalue weighted by atomic mass is 35.5. The van der Waals surface area contributed by atoms with Crippen molar-refractivity contribution in [3.63, 3.8) is 0 Å². The number of hydrogen-bond acceptors (Lipinski definition) is 3. The van der Waals surface area contributed by atoms with Gasteiger partial charge in [0.05, 0.1) is 16.9 Å². The van der Waals surface area contributed by atoms with Gasteiger partial charge in [-0.2, -0.15) is 0 Å². The summed E-state index contributed by atoms with van der Waals surface area (Å²) in [6, 6.07) is 11.8. The number of Topliss-reactive ketones (excluding diaryl/α,β-unsaturated/α-hetero) is 1. The Bertz CT molecular complexity index is 1070. The van der Waals surface area contributed by atoms with Crippen molar-refractivity contribution in [3.05, 3.63) is 70.1 Å². The first kappa shape index (κ1) is 18.7. The number of nitrogens with zero attached hydrogens (tertiary/aromatic N) is 2. The third kappa shape index (κ3) is 3.42. The number of aromatic nitrogens is 2. The molecule has 0 saturated heterocycles. The standard InChI is InChI=1S/C22H21ClFN3O/c1-13-4-7-15(10-17(13)23)25-21-20-18(11-22(2,3)12-19(20)28)27(26-21)16-8-5-14(24)6-9-16/h4-10H,11-12H2,1-3H3,(H,25,26). The van der Waals surface area contributed by atoms with Crippen LogP contribution in [0.3, 0.4) is 0 Å². The fourth-order valence-corrected chi connectivity index (χ4v) is 3.82. The molecule has 0 unspecified atom stereocenters. The highest BCUT2D eigenvalue weighted by Gasteiger charge is 2.37. The van der Waals surface area contributed by atoms with E-state index in [0.717, 1.165) is 22.6 Å². The van der Waals surface area contributed by atoms with Crippen LogP contribution in [0.2, 0.25) is 5.02 Å². The average molecular weight is 398 g/mol. The molecule has 144 valence electrons. The molecule has 4 nitrogen and oxygen atoms in total. The Morgan fingerprint density at radius 1 is 1.14 bits per heavy atom. The molecule has 3 aromatic rings. The van der Waals surface area contributed by atoms with Crippen LogP contribution in [0, 0.1) is 18.2 Å². The van der Waals surface area contributed by atoms with E-state index in [9.17, 15) is 9.18 Å². The summed E-state index contributed by atoms with van der Waals surface area (Å²) in [4.78, 5) is 13.0. The molecule has 1 N–H and O–H groups in total. The molecule has 6 heteroatoms. The third-order valence-electron chi connectivity index (χ3n) is 5.05. The Kier molecular flexibility index (Phi) is 4.50. The van der Waals surface area contributed by atoms with Crippen LogP contribution in [0.1, 0.15) is 41.9 Å². The number of nitrogens with one attached hydrogen (secondary N) is 1. The van der Waals surface area contributed by atoms with Crippen LogP contribution >= 0.6 is 11.6 Å². The molecule has 4 rings (SSSR count). The van der Waals surface area contributed by atoms with Gasteiger partial charge in [0.15, 0.2) is 11.6 Å². The maximum absolute atomic E-state index is 13.4. The number of rotatable bonds is 3. The summed E-state index contributed by atoms with van der Waals surface area (Å²) in [6.45, 7) is 6.08. The Morgan fingerprint density at radius 2 is 1.86 bits per heavy atom. The van der Waals surface area contributed by atoms with E-state index in [0.29, 0.717) is 29.2 Å². The van der Waals surface area contributed by atoms with E-state index < -0.39 is 0 Å². The van der Waals surface area contributed by atoms with Crippen LogP contribution in [-0.2, 0) is 6.42 Å². The normalized spacial score (nSPS) is 15.4. The number of anilines is 2. The van der Waals surface area contributed by atoms with Crippen molar-refractivity contribution in [1.82, 2.24) is 9.78 Å². The van der Waals surface area contributed by atoms with Gasteiger partial charge in [0, 0.05) is 17.1 Å². The molecule has 2 aromatic carbocycles. The fourth-order valence-electron chi connectivity index (χ4n) is 3.64. The summed E-state index contributed by atoms with van der Waals surface area (Å²) in [7, 11) is 0. The zero-order valence-corrected chi connectivity index (χ0v) is 16.8. The van der Waals surface area contributed by atoms with Crippen molar-refractivity contribution in [2.45, 2.75) is 33.6 Å². The van der Waals surface area contributed by atoms with Crippen LogP contribution in [-0.4, -0.2) is 15.6 Å². The number of aryl methyl sites for hydroxylation is 1. The molecule has 1 aromatic heterocycles. The molecular weight excluding hydrogens is 377 g/mol. The Balaban J connectivity index is 1.84. The van der Waals surface area contributed by atoms with Crippen LogP contribution < -0.4 is 5.32 Å². The molecule has 0 saturated carbocycles. The molecule has 0 aliphatic heterocycles. The second-order valence-electron chi connectivity index (χ2n) is 8.09. The van der Waals surface area contributed by atoms with E-state index in [4.69, 9.17) is 11.6 Å². The SMILES string of the molecule is Cc1ccc(Nc2nn(-c3ccc(F)cc3)c3c2C(=O)CC(C)(C)C3)cc1Cl. The van der Waals surface area contributed by atoms with E-state index in [1.165, 1.54) is 12.1 Å². The second-order valence-corrected chi connectivity index (χ2v) is 8.50. The topological polar surface area (TPSA) is 46.9 Å². The summed E-state index contributed by atoms with van der Waals surface area (Å²) in [5.74, 6) is 0.244. The minimum atomic E-state index is -0.311. The number of fused-ring (bicyclic) bond motifs is 1. The summed E-state index contributed by atoms with van der Waals surface area (Å²) in [6.07, 6.45) is 1.16. The minimum Gasteiger partial charge on any atom is -0.338 e. The van der Waals surface area contributed by atoms with Crippen molar-refractivity contribution < 1.29 is 9.18 Å². The molecule has 1 heterocycles. The first-order valence-corrected chi connectivity index (χ1v) is 9.55. The average Bonchev–Trinajstić information content (AvgIpc) is 2.96. The second kappa shape index (κ2) is 6.74. The van der Waals surface area contributed by atoms with Crippen LogP contribution in [0.15, 0.2) is 42.5 Å². The Morgan fingerprint density at radius 3 is 2.54 bits per heavy atom. The predicted octanol–water partition coefficient (Wildman–Crippen LogP) is 5.87. The maximum atomic E-state index is 13.4. The summed E-state index contributed by atoms with van der Waals surface area (Å²) < 4.78 is 15.1. The van der Waals surface area contributed by atoms with Gasteiger partial charge >= 0.3 is 0 Å². The largest absolute Gasteiger partial charge is 0.338 e. The highest BCUT2D eigenvalue weighted by Crippen LogP contribution is 2.39. The summed E-state index contributed by atoms with van der Waals surface area (Å²) in [5, 5.41) is 8.57. The number of benzene rings is 2. The lowest BCUT2D eigenvalue weighted by atomic mass is 9.76. The van der Waals surface area contributed by atoms with E-state index in [1.807, 2.05) is 25.1 Å².